The number of halogens is 1. The van der Waals surface area contributed by atoms with E-state index in [0.29, 0.717) is 12.2 Å². The predicted molar refractivity (Wildman–Crippen MR) is 72.5 cm³/mol. The molecule has 0 aliphatic carbocycles. The van der Waals surface area contributed by atoms with Crippen LogP contribution in [0.1, 0.15) is 16.8 Å². The monoisotopic (exact) mass is 325 g/mol. The third kappa shape index (κ3) is 4.02. The standard InChI is InChI=1S/C11H12BrN5O2/c12-6-1-7-19-9-4-2-8(3-5-9)10(18)13-11-14-16-17-15-11/h2-5H,1,6-7H2,(H2,13,14,15,16,17,18). The number of aromatic amines is 1. The summed E-state index contributed by atoms with van der Waals surface area (Å²) in [7, 11) is 0. The van der Waals surface area contributed by atoms with Crippen LogP contribution in [0.5, 0.6) is 5.75 Å². The summed E-state index contributed by atoms with van der Waals surface area (Å²) in [4.78, 5) is 11.8. The Morgan fingerprint density at radius 3 is 2.79 bits per heavy atom. The smallest absolute Gasteiger partial charge is 0.270 e. The third-order valence-electron chi connectivity index (χ3n) is 2.23. The van der Waals surface area contributed by atoms with Gasteiger partial charge in [0.1, 0.15) is 5.75 Å². The van der Waals surface area contributed by atoms with Crippen LogP contribution in [0.2, 0.25) is 0 Å². The Kier molecular flexibility index (Phi) is 4.85. The largest absolute Gasteiger partial charge is 0.494 e. The number of amides is 1. The SMILES string of the molecule is O=C(Nc1nn[nH]n1)c1ccc(OCCCBr)cc1. The molecule has 1 heterocycles. The average Bonchev–Trinajstić information content (AvgIpc) is 2.93. The highest BCUT2D eigenvalue weighted by Crippen LogP contribution is 2.13. The fourth-order valence-electron chi connectivity index (χ4n) is 1.34. The molecule has 0 fully saturated rings. The molecule has 0 aliphatic heterocycles. The van der Waals surface area contributed by atoms with Gasteiger partial charge in [0.25, 0.3) is 11.9 Å². The Bertz CT molecular complexity index is 514. The highest BCUT2D eigenvalue weighted by atomic mass is 79.9. The molecule has 0 saturated heterocycles. The maximum Gasteiger partial charge on any atom is 0.270 e. The van der Waals surface area contributed by atoms with Crippen molar-refractivity contribution in [3.8, 4) is 5.75 Å². The second kappa shape index (κ2) is 6.83. The summed E-state index contributed by atoms with van der Waals surface area (Å²) in [5.41, 5.74) is 0.498. The summed E-state index contributed by atoms with van der Waals surface area (Å²) < 4.78 is 5.49. The van der Waals surface area contributed by atoms with Crippen LogP contribution in [-0.4, -0.2) is 38.5 Å². The Labute approximate surface area is 117 Å². The van der Waals surface area contributed by atoms with Crippen molar-refractivity contribution in [2.45, 2.75) is 6.42 Å². The van der Waals surface area contributed by atoms with Gasteiger partial charge in [0.2, 0.25) is 0 Å². The van der Waals surface area contributed by atoms with Crippen molar-refractivity contribution >= 4 is 27.8 Å². The lowest BCUT2D eigenvalue weighted by atomic mass is 10.2. The number of tetrazole rings is 1. The first-order valence-corrected chi connectivity index (χ1v) is 6.75. The molecule has 7 nitrogen and oxygen atoms in total. The lowest BCUT2D eigenvalue weighted by molar-refractivity contribution is 0.102. The van der Waals surface area contributed by atoms with E-state index in [0.717, 1.165) is 17.5 Å². The molecule has 0 bridgehead atoms. The summed E-state index contributed by atoms with van der Waals surface area (Å²) >= 11 is 3.33. The molecule has 8 heteroatoms. The van der Waals surface area contributed by atoms with Gasteiger partial charge in [0.05, 0.1) is 6.61 Å². The van der Waals surface area contributed by atoms with Crippen LogP contribution in [0.4, 0.5) is 5.95 Å². The zero-order chi connectivity index (χ0) is 13.5. The minimum atomic E-state index is -0.298. The normalized spacial score (nSPS) is 10.2. The fraction of sp³-hybridized carbons (Fsp3) is 0.273. The summed E-state index contributed by atoms with van der Waals surface area (Å²) in [6.07, 6.45) is 0.931. The van der Waals surface area contributed by atoms with E-state index in [2.05, 4.69) is 41.9 Å². The quantitative estimate of drug-likeness (QED) is 0.621. The van der Waals surface area contributed by atoms with Crippen LogP contribution in [0.3, 0.4) is 0 Å². The second-order valence-corrected chi connectivity index (χ2v) is 4.40. The van der Waals surface area contributed by atoms with Gasteiger partial charge >= 0.3 is 0 Å². The molecular formula is C11H12BrN5O2. The van der Waals surface area contributed by atoms with E-state index in [1.54, 1.807) is 24.3 Å². The van der Waals surface area contributed by atoms with Crippen molar-refractivity contribution in [2.24, 2.45) is 0 Å². The maximum absolute atomic E-state index is 11.8. The molecule has 1 aromatic heterocycles. The van der Waals surface area contributed by atoms with Gasteiger partial charge in [-0.15, -0.1) is 5.10 Å². The van der Waals surface area contributed by atoms with Gasteiger partial charge in [-0.3, -0.25) is 10.1 Å². The van der Waals surface area contributed by atoms with Gasteiger partial charge in [0.15, 0.2) is 0 Å². The van der Waals surface area contributed by atoms with E-state index in [-0.39, 0.29) is 11.9 Å². The van der Waals surface area contributed by atoms with Crippen molar-refractivity contribution in [1.82, 2.24) is 20.6 Å². The van der Waals surface area contributed by atoms with Crippen molar-refractivity contribution in [3.63, 3.8) is 0 Å². The number of carbonyl (C=O) groups excluding carboxylic acids is 1. The van der Waals surface area contributed by atoms with Crippen molar-refractivity contribution in [3.05, 3.63) is 29.8 Å². The van der Waals surface area contributed by atoms with Crippen molar-refractivity contribution < 1.29 is 9.53 Å². The number of alkyl halides is 1. The van der Waals surface area contributed by atoms with Gasteiger partial charge < -0.3 is 4.74 Å². The Balaban J connectivity index is 1.92. The number of anilines is 1. The number of nitrogens with zero attached hydrogens (tertiary/aromatic N) is 3. The average molecular weight is 326 g/mol. The number of carbonyl (C=O) groups is 1. The molecule has 19 heavy (non-hydrogen) atoms. The van der Waals surface area contributed by atoms with Crippen LogP contribution < -0.4 is 10.1 Å². The predicted octanol–water partition coefficient (Wildman–Crippen LogP) is 1.62. The first-order valence-electron chi connectivity index (χ1n) is 5.63. The number of hydrogen-bond donors (Lipinski definition) is 2. The minimum absolute atomic E-state index is 0.141. The number of nitrogens with one attached hydrogen (secondary N) is 2. The van der Waals surface area contributed by atoms with Gasteiger partial charge in [-0.1, -0.05) is 21.0 Å². The summed E-state index contributed by atoms with van der Waals surface area (Å²) in [5, 5.41) is 16.3. The molecule has 0 radical (unpaired) electrons. The maximum atomic E-state index is 11.8. The van der Waals surface area contributed by atoms with Crippen LogP contribution in [-0.2, 0) is 0 Å². The summed E-state index contributed by atoms with van der Waals surface area (Å²) in [5.74, 6) is 0.577. The first-order chi connectivity index (χ1) is 9.29. The number of ether oxygens (including phenoxy) is 1. The molecule has 0 unspecified atom stereocenters. The molecule has 0 atom stereocenters. The Morgan fingerprint density at radius 2 is 2.16 bits per heavy atom. The summed E-state index contributed by atoms with van der Waals surface area (Å²) in [6, 6.07) is 6.86. The molecule has 2 aromatic rings. The van der Waals surface area contributed by atoms with Crippen molar-refractivity contribution in [1.29, 1.82) is 0 Å². The zero-order valence-corrected chi connectivity index (χ0v) is 11.6. The van der Waals surface area contributed by atoms with Gasteiger partial charge in [-0.2, -0.15) is 5.21 Å². The molecule has 2 rings (SSSR count). The molecule has 100 valence electrons. The minimum Gasteiger partial charge on any atom is -0.494 e. The third-order valence-corrected chi connectivity index (χ3v) is 2.79. The van der Waals surface area contributed by atoms with Crippen molar-refractivity contribution in [2.75, 3.05) is 17.3 Å². The van der Waals surface area contributed by atoms with E-state index in [1.165, 1.54) is 0 Å². The molecular weight excluding hydrogens is 314 g/mol. The first kappa shape index (κ1) is 13.5. The number of aromatic nitrogens is 4. The fourth-order valence-corrected chi connectivity index (χ4v) is 1.56. The van der Waals surface area contributed by atoms with Crippen LogP contribution in [0.25, 0.3) is 0 Å². The number of benzene rings is 1. The van der Waals surface area contributed by atoms with E-state index in [9.17, 15) is 4.79 Å². The highest BCUT2D eigenvalue weighted by molar-refractivity contribution is 9.09. The highest BCUT2D eigenvalue weighted by Gasteiger charge is 2.08. The number of H-pyrrole nitrogens is 1. The van der Waals surface area contributed by atoms with Crippen LogP contribution >= 0.6 is 15.9 Å². The molecule has 1 amide bonds. The lowest BCUT2D eigenvalue weighted by Crippen LogP contribution is -2.13. The molecule has 0 aliphatic rings. The van der Waals surface area contributed by atoms with E-state index in [4.69, 9.17) is 4.74 Å². The molecule has 1 aromatic carbocycles. The molecule has 0 spiro atoms. The van der Waals surface area contributed by atoms with Gasteiger partial charge in [0, 0.05) is 10.9 Å². The lowest BCUT2D eigenvalue weighted by Gasteiger charge is -2.05. The second-order valence-electron chi connectivity index (χ2n) is 3.60. The van der Waals surface area contributed by atoms with E-state index in [1.807, 2.05) is 0 Å². The molecule has 2 N–H and O–H groups in total. The number of rotatable bonds is 6. The number of hydrogen-bond acceptors (Lipinski definition) is 5. The topological polar surface area (TPSA) is 92.8 Å². The van der Waals surface area contributed by atoms with E-state index < -0.39 is 0 Å². The Morgan fingerprint density at radius 1 is 1.37 bits per heavy atom. The summed E-state index contributed by atoms with van der Waals surface area (Å²) in [6.45, 7) is 0.639. The van der Waals surface area contributed by atoms with Gasteiger partial charge in [-0.05, 0) is 35.9 Å². The zero-order valence-electron chi connectivity index (χ0n) is 9.97. The molecule has 0 saturated carbocycles. The Hall–Kier alpha value is -1.96. The van der Waals surface area contributed by atoms with E-state index >= 15 is 0 Å². The van der Waals surface area contributed by atoms with Crippen LogP contribution in [0.15, 0.2) is 24.3 Å². The van der Waals surface area contributed by atoms with Crippen LogP contribution in [0, 0.1) is 0 Å². The van der Waals surface area contributed by atoms with Gasteiger partial charge in [-0.25, -0.2) is 0 Å².